The van der Waals surface area contributed by atoms with E-state index in [1.165, 1.54) is 49.3 Å². The first kappa shape index (κ1) is 26.6. The molecule has 9 rings (SSSR count). The summed E-state index contributed by atoms with van der Waals surface area (Å²) < 4.78 is 2.43. The summed E-state index contributed by atoms with van der Waals surface area (Å²) in [5.74, 6) is 0.441. The number of benzene rings is 5. The molecule has 0 unspecified atom stereocenters. The van der Waals surface area contributed by atoms with E-state index in [1.54, 1.807) is 0 Å². The molecule has 45 heavy (non-hydrogen) atoms. The summed E-state index contributed by atoms with van der Waals surface area (Å²) in [6, 6.07) is 27.9. The van der Waals surface area contributed by atoms with Crippen molar-refractivity contribution in [1.29, 1.82) is 0 Å². The van der Waals surface area contributed by atoms with E-state index in [9.17, 15) is 9.59 Å². The lowest BCUT2D eigenvalue weighted by atomic mass is 9.87. The predicted octanol–water partition coefficient (Wildman–Crippen LogP) is 10.3. The van der Waals surface area contributed by atoms with Gasteiger partial charge < -0.3 is 4.40 Å². The second kappa shape index (κ2) is 8.48. The minimum Gasteiger partial charge on any atom is -0.307 e. The van der Waals surface area contributed by atoms with Crippen LogP contribution in [0.1, 0.15) is 70.7 Å². The van der Waals surface area contributed by atoms with Crippen LogP contribution in [0.3, 0.4) is 0 Å². The second-order valence-electron chi connectivity index (χ2n) is 14.7. The summed E-state index contributed by atoms with van der Waals surface area (Å²) >= 11 is 0. The minimum atomic E-state index is -0.464. The number of fused-ring (bicyclic) bond motifs is 8. The molecule has 2 heterocycles. The van der Waals surface area contributed by atoms with Crippen LogP contribution in [0.25, 0.3) is 60.3 Å². The molecule has 0 N–H and O–H groups in total. The summed E-state index contributed by atoms with van der Waals surface area (Å²) in [4.78, 5) is 28.3. The molecule has 3 nitrogen and oxygen atoms in total. The maximum atomic E-state index is 14.2. The SMILES string of the molecule is Cc1c2c(c(-c3ccccc3)c3c4cccc5c6c(-c7ccccc7)c7c(c(C)c6n(c13)c45)C(=O)C(C)(C)C7)CC(C)(C)C2=O. The van der Waals surface area contributed by atoms with Crippen molar-refractivity contribution in [3.05, 3.63) is 112 Å². The Bertz CT molecular complexity index is 2290. The molecule has 0 radical (unpaired) electrons. The molecule has 7 aromatic rings. The van der Waals surface area contributed by atoms with Crippen LogP contribution in [0.4, 0.5) is 0 Å². The van der Waals surface area contributed by atoms with E-state index in [-0.39, 0.29) is 11.6 Å². The summed E-state index contributed by atoms with van der Waals surface area (Å²) in [5, 5.41) is 4.81. The van der Waals surface area contributed by atoms with E-state index >= 15 is 0 Å². The quantitative estimate of drug-likeness (QED) is 0.202. The van der Waals surface area contributed by atoms with Crippen molar-refractivity contribution in [3.63, 3.8) is 0 Å². The summed E-state index contributed by atoms with van der Waals surface area (Å²) in [5.41, 5.74) is 13.2. The Morgan fingerprint density at radius 3 is 1.31 bits per heavy atom. The molecule has 0 aliphatic heterocycles. The first-order chi connectivity index (χ1) is 21.5. The lowest BCUT2D eigenvalue weighted by Gasteiger charge is -2.17. The van der Waals surface area contributed by atoms with Gasteiger partial charge in [-0.1, -0.05) is 107 Å². The van der Waals surface area contributed by atoms with Crippen LogP contribution in [0.15, 0.2) is 78.9 Å². The summed E-state index contributed by atoms with van der Waals surface area (Å²) in [6.07, 6.45) is 1.44. The average Bonchev–Trinajstić information content (AvgIpc) is 3.69. The van der Waals surface area contributed by atoms with Gasteiger partial charge in [-0.15, -0.1) is 0 Å². The third kappa shape index (κ3) is 3.16. The average molecular weight is 586 g/mol. The topological polar surface area (TPSA) is 38.5 Å². The number of rotatable bonds is 2. The Morgan fingerprint density at radius 1 is 0.511 bits per heavy atom. The monoisotopic (exact) mass is 585 g/mol. The molecule has 0 bridgehead atoms. The van der Waals surface area contributed by atoms with Crippen molar-refractivity contribution < 1.29 is 9.59 Å². The van der Waals surface area contributed by atoms with Crippen molar-refractivity contribution >= 4 is 49.7 Å². The molecule has 0 spiro atoms. The highest BCUT2D eigenvalue weighted by Crippen LogP contribution is 2.54. The molecule has 0 amide bonds. The van der Waals surface area contributed by atoms with Gasteiger partial charge >= 0.3 is 0 Å². The maximum absolute atomic E-state index is 14.2. The zero-order chi connectivity index (χ0) is 31.2. The van der Waals surface area contributed by atoms with E-state index in [0.29, 0.717) is 0 Å². The van der Waals surface area contributed by atoms with Crippen LogP contribution in [-0.4, -0.2) is 16.0 Å². The van der Waals surface area contributed by atoms with Crippen LogP contribution in [0, 0.1) is 24.7 Å². The number of Topliss-reactive ketones (excluding diaryl/α,β-unsaturated/α-hetero) is 2. The molecule has 2 aromatic heterocycles. The Labute approximate surface area is 262 Å². The Hall–Kier alpha value is -4.76. The summed E-state index contributed by atoms with van der Waals surface area (Å²) in [6.45, 7) is 12.6. The van der Waals surface area contributed by atoms with Gasteiger partial charge in [0, 0.05) is 43.5 Å². The number of ketones is 2. The molecule has 0 saturated carbocycles. The van der Waals surface area contributed by atoms with Gasteiger partial charge in [0.25, 0.3) is 0 Å². The maximum Gasteiger partial charge on any atom is 0.169 e. The van der Waals surface area contributed by atoms with Gasteiger partial charge in [0.1, 0.15) is 0 Å². The molecule has 0 fully saturated rings. The van der Waals surface area contributed by atoms with Gasteiger partial charge in [-0.2, -0.15) is 0 Å². The van der Waals surface area contributed by atoms with Crippen molar-refractivity contribution in [2.24, 2.45) is 10.8 Å². The molecule has 2 aliphatic rings. The van der Waals surface area contributed by atoms with Crippen LogP contribution < -0.4 is 0 Å². The van der Waals surface area contributed by atoms with E-state index in [0.717, 1.165) is 57.3 Å². The van der Waals surface area contributed by atoms with Gasteiger partial charge in [0.05, 0.1) is 16.6 Å². The van der Waals surface area contributed by atoms with Gasteiger partial charge in [-0.25, -0.2) is 0 Å². The van der Waals surface area contributed by atoms with Gasteiger partial charge in [0.15, 0.2) is 11.6 Å². The Kier molecular flexibility index (Phi) is 5.02. The van der Waals surface area contributed by atoms with Crippen molar-refractivity contribution in [3.8, 4) is 22.3 Å². The number of carbonyl (C=O) groups excluding carboxylic acids is 2. The van der Waals surface area contributed by atoms with Crippen LogP contribution in [0.5, 0.6) is 0 Å². The molecule has 220 valence electrons. The normalized spacial score (nSPS) is 16.9. The van der Waals surface area contributed by atoms with Gasteiger partial charge in [0.2, 0.25) is 0 Å². The number of para-hydroxylation sites is 1. The highest BCUT2D eigenvalue weighted by Gasteiger charge is 2.44. The zero-order valence-corrected chi connectivity index (χ0v) is 26.7. The molecule has 5 aromatic carbocycles. The number of aryl methyl sites for hydroxylation is 2. The molecular weight excluding hydrogens is 550 g/mol. The first-order valence-corrected chi connectivity index (χ1v) is 16.1. The minimum absolute atomic E-state index is 0.221. The Balaban J connectivity index is 1.59. The standard InChI is InChI=1S/C42H35NO2/c1-22-30-28(20-41(3,4)39(30)44)32(24-14-9-7-10-15-24)34-26-18-13-19-27-35-33(25-16-11-8-12-17-25)29-21-42(5,6)40(45)31(29)23(2)37(35)43(36(22)34)38(26)27/h7-19H,20-21H2,1-6H3. The highest BCUT2D eigenvalue weighted by atomic mass is 16.1. The predicted molar refractivity (Wildman–Crippen MR) is 185 cm³/mol. The van der Waals surface area contributed by atoms with Crippen LogP contribution in [-0.2, 0) is 12.8 Å². The highest BCUT2D eigenvalue weighted by molar-refractivity contribution is 6.31. The number of aromatic nitrogens is 1. The molecule has 2 aliphatic carbocycles. The smallest absolute Gasteiger partial charge is 0.169 e. The largest absolute Gasteiger partial charge is 0.307 e. The van der Waals surface area contributed by atoms with Gasteiger partial charge in [-0.05, 0) is 71.2 Å². The third-order valence-corrected chi connectivity index (χ3v) is 10.9. The lowest BCUT2D eigenvalue weighted by molar-refractivity contribution is 0.0857. The summed E-state index contributed by atoms with van der Waals surface area (Å²) in [7, 11) is 0. The second-order valence-corrected chi connectivity index (χ2v) is 14.7. The van der Waals surface area contributed by atoms with Gasteiger partial charge in [-0.3, -0.25) is 9.59 Å². The van der Waals surface area contributed by atoms with E-state index in [1.807, 2.05) is 0 Å². The number of hydrogen-bond acceptors (Lipinski definition) is 2. The number of hydrogen-bond donors (Lipinski definition) is 0. The fourth-order valence-corrected chi connectivity index (χ4v) is 9.00. The van der Waals surface area contributed by atoms with Crippen molar-refractivity contribution in [1.82, 2.24) is 4.40 Å². The zero-order valence-electron chi connectivity index (χ0n) is 26.7. The third-order valence-electron chi connectivity index (χ3n) is 10.9. The van der Waals surface area contributed by atoms with Crippen LogP contribution in [0.2, 0.25) is 0 Å². The molecule has 0 atom stereocenters. The molecular formula is C42H35NO2. The number of nitrogens with zero attached hydrogens (tertiary/aromatic N) is 1. The van der Waals surface area contributed by atoms with Crippen molar-refractivity contribution in [2.75, 3.05) is 0 Å². The fraction of sp³-hybridized carbons (Fsp3) is 0.238. The fourth-order valence-electron chi connectivity index (χ4n) is 9.00. The molecule has 0 saturated heterocycles. The first-order valence-electron chi connectivity index (χ1n) is 16.1. The van der Waals surface area contributed by atoms with E-state index < -0.39 is 10.8 Å². The molecule has 3 heteroatoms. The van der Waals surface area contributed by atoms with E-state index in [4.69, 9.17) is 0 Å². The van der Waals surface area contributed by atoms with Crippen LogP contribution >= 0.6 is 0 Å². The Morgan fingerprint density at radius 2 is 0.911 bits per heavy atom. The van der Waals surface area contributed by atoms with E-state index in [2.05, 4.69) is 125 Å². The lowest BCUT2D eigenvalue weighted by Crippen LogP contribution is -2.19. The van der Waals surface area contributed by atoms with Crippen molar-refractivity contribution in [2.45, 2.75) is 54.4 Å². The number of carbonyl (C=O) groups is 2.